The smallest absolute Gasteiger partial charge is 0.330 e. The number of halogens is 3. The number of aliphatic carboxylic acids is 1. The zero-order valence-corrected chi connectivity index (χ0v) is 18.5. The summed E-state index contributed by atoms with van der Waals surface area (Å²) < 4.78 is 5.58. The molecule has 0 spiro atoms. The van der Waals surface area contributed by atoms with Gasteiger partial charge in [0.25, 0.3) is 5.91 Å². The lowest BCUT2D eigenvalue weighted by atomic mass is 10.0. The first-order chi connectivity index (χ1) is 14.2. The Morgan fingerprint density at radius 3 is 2.42 bits per heavy atom. The quantitative estimate of drug-likeness (QED) is 0.271. The minimum atomic E-state index is -1.26. The van der Waals surface area contributed by atoms with E-state index in [0.29, 0.717) is 11.3 Å². The van der Waals surface area contributed by atoms with Crippen LogP contribution in [-0.4, -0.2) is 35.5 Å². The first-order valence-corrected chi connectivity index (χ1v) is 9.85. The standard InChI is InChI=1S/C20H20Cl2N4O4.ClH/c21-11-7-14(18(15(22)8-11)30-9-16(27)25-12-5-6-12)17(20(28)29)26-13-3-1-10(2-4-13)19(23)24;/h1-4,7-8,12,17,26H,5-6,9H2,(H3,23,24)(H,25,27)(H,28,29);1H. The van der Waals surface area contributed by atoms with Crippen molar-refractivity contribution >= 4 is 59.0 Å². The Morgan fingerprint density at radius 2 is 1.87 bits per heavy atom. The van der Waals surface area contributed by atoms with E-state index < -0.39 is 12.0 Å². The van der Waals surface area contributed by atoms with Crippen molar-refractivity contribution in [1.29, 1.82) is 5.41 Å². The number of carboxylic acid groups (broad SMARTS) is 1. The van der Waals surface area contributed by atoms with Crippen LogP contribution in [0.15, 0.2) is 36.4 Å². The first-order valence-electron chi connectivity index (χ1n) is 9.09. The van der Waals surface area contributed by atoms with Crippen LogP contribution >= 0.6 is 35.6 Å². The van der Waals surface area contributed by atoms with Crippen molar-refractivity contribution in [1.82, 2.24) is 5.32 Å². The maximum atomic E-state index is 12.0. The predicted octanol–water partition coefficient (Wildman–Crippen LogP) is 3.59. The molecule has 1 saturated carbocycles. The minimum absolute atomic E-state index is 0. The number of ether oxygens (including phenoxy) is 1. The van der Waals surface area contributed by atoms with Crippen LogP contribution in [0.1, 0.15) is 30.0 Å². The van der Waals surface area contributed by atoms with Gasteiger partial charge in [-0.05, 0) is 49.2 Å². The van der Waals surface area contributed by atoms with E-state index in [2.05, 4.69) is 10.6 Å². The van der Waals surface area contributed by atoms with Gasteiger partial charge in [-0.25, -0.2) is 4.79 Å². The highest BCUT2D eigenvalue weighted by atomic mass is 35.5. The number of carbonyl (C=O) groups excluding carboxylic acids is 1. The molecule has 0 aliphatic heterocycles. The number of nitrogen functional groups attached to an aromatic ring is 1. The Hall–Kier alpha value is -2.68. The van der Waals surface area contributed by atoms with Gasteiger partial charge in [-0.2, -0.15) is 0 Å². The van der Waals surface area contributed by atoms with Crippen molar-refractivity contribution < 1.29 is 19.4 Å². The molecular formula is C20H21Cl3N4O4. The Kier molecular flexibility index (Phi) is 8.38. The molecule has 2 aromatic rings. The molecule has 0 radical (unpaired) electrons. The Balaban J connectivity index is 0.00000341. The second kappa shape index (κ2) is 10.6. The highest BCUT2D eigenvalue weighted by Crippen LogP contribution is 2.37. The van der Waals surface area contributed by atoms with Crippen molar-refractivity contribution in [3.05, 3.63) is 57.6 Å². The van der Waals surface area contributed by atoms with Gasteiger partial charge in [0.05, 0.1) is 5.02 Å². The third-order valence-corrected chi connectivity index (χ3v) is 4.89. The summed E-state index contributed by atoms with van der Waals surface area (Å²) in [7, 11) is 0. The third kappa shape index (κ3) is 6.65. The molecule has 31 heavy (non-hydrogen) atoms. The maximum Gasteiger partial charge on any atom is 0.330 e. The van der Waals surface area contributed by atoms with Crippen molar-refractivity contribution in [3.63, 3.8) is 0 Å². The molecular weight excluding hydrogens is 467 g/mol. The monoisotopic (exact) mass is 486 g/mol. The number of carbonyl (C=O) groups is 2. The highest BCUT2D eigenvalue weighted by Gasteiger charge is 2.27. The number of rotatable bonds is 9. The molecule has 166 valence electrons. The average Bonchev–Trinajstić information content (AvgIpc) is 3.49. The lowest BCUT2D eigenvalue weighted by Gasteiger charge is -2.21. The number of amides is 1. The fourth-order valence-corrected chi connectivity index (χ4v) is 3.33. The fraction of sp³-hybridized carbons (Fsp3) is 0.250. The average molecular weight is 488 g/mol. The molecule has 1 unspecified atom stereocenters. The van der Waals surface area contributed by atoms with Gasteiger partial charge in [0, 0.05) is 27.9 Å². The number of hydrogen-bond donors (Lipinski definition) is 5. The summed E-state index contributed by atoms with van der Waals surface area (Å²) in [6.45, 7) is -0.301. The van der Waals surface area contributed by atoms with Crippen LogP contribution in [0.2, 0.25) is 10.0 Å². The summed E-state index contributed by atoms with van der Waals surface area (Å²) in [6, 6.07) is 8.14. The van der Waals surface area contributed by atoms with Gasteiger partial charge < -0.3 is 26.2 Å². The van der Waals surface area contributed by atoms with E-state index in [0.717, 1.165) is 12.8 Å². The summed E-state index contributed by atoms with van der Waals surface area (Å²) in [5.41, 5.74) is 6.59. The van der Waals surface area contributed by atoms with E-state index in [1.807, 2.05) is 0 Å². The number of nitrogens with two attached hydrogens (primary N) is 1. The van der Waals surface area contributed by atoms with E-state index in [1.165, 1.54) is 12.1 Å². The largest absolute Gasteiger partial charge is 0.482 e. The van der Waals surface area contributed by atoms with Gasteiger partial charge in [-0.15, -0.1) is 12.4 Å². The molecule has 2 aromatic carbocycles. The molecule has 1 aliphatic carbocycles. The first kappa shape index (κ1) is 24.6. The van der Waals surface area contributed by atoms with Crippen molar-refractivity contribution in [2.75, 3.05) is 11.9 Å². The summed E-state index contributed by atoms with van der Waals surface area (Å²) in [6.07, 6.45) is 1.87. The molecule has 11 heteroatoms. The van der Waals surface area contributed by atoms with E-state index in [4.69, 9.17) is 39.1 Å². The van der Waals surface area contributed by atoms with Crippen LogP contribution in [0.5, 0.6) is 5.75 Å². The number of hydrogen-bond acceptors (Lipinski definition) is 5. The van der Waals surface area contributed by atoms with Gasteiger partial charge in [-0.1, -0.05) is 23.2 Å². The van der Waals surface area contributed by atoms with Gasteiger partial charge in [0.1, 0.15) is 11.6 Å². The normalized spacial score (nSPS) is 13.5. The molecule has 1 fully saturated rings. The van der Waals surface area contributed by atoms with E-state index >= 15 is 0 Å². The van der Waals surface area contributed by atoms with Crippen molar-refractivity contribution in [2.24, 2.45) is 5.73 Å². The van der Waals surface area contributed by atoms with E-state index in [1.54, 1.807) is 24.3 Å². The number of carboxylic acids is 1. The SMILES string of the molecule is Cl.N=C(N)c1ccc(NC(C(=O)O)c2cc(Cl)cc(Cl)c2OCC(=O)NC2CC2)cc1. The van der Waals surface area contributed by atoms with Gasteiger partial charge >= 0.3 is 5.97 Å². The second-order valence-electron chi connectivity index (χ2n) is 6.84. The van der Waals surface area contributed by atoms with E-state index in [9.17, 15) is 14.7 Å². The molecule has 1 amide bonds. The Bertz CT molecular complexity index is 981. The summed E-state index contributed by atoms with van der Waals surface area (Å²) in [5, 5.41) is 23.2. The molecule has 0 saturated heterocycles. The number of nitrogens with one attached hydrogen (secondary N) is 3. The number of benzene rings is 2. The lowest BCUT2D eigenvalue weighted by Crippen LogP contribution is -2.31. The van der Waals surface area contributed by atoms with Crippen LogP contribution in [0.25, 0.3) is 0 Å². The predicted molar refractivity (Wildman–Crippen MR) is 122 cm³/mol. The molecule has 6 N–H and O–H groups in total. The Morgan fingerprint density at radius 1 is 1.23 bits per heavy atom. The second-order valence-corrected chi connectivity index (χ2v) is 7.69. The Labute approximate surface area is 195 Å². The molecule has 3 rings (SSSR count). The molecule has 0 aromatic heterocycles. The van der Waals surface area contributed by atoms with Crippen LogP contribution in [0.4, 0.5) is 5.69 Å². The third-order valence-electron chi connectivity index (χ3n) is 4.39. The molecule has 0 heterocycles. The van der Waals surface area contributed by atoms with Gasteiger partial charge in [0.15, 0.2) is 12.6 Å². The fourth-order valence-electron chi connectivity index (χ4n) is 2.77. The zero-order chi connectivity index (χ0) is 21.8. The maximum absolute atomic E-state index is 12.0. The lowest BCUT2D eigenvalue weighted by molar-refractivity contribution is -0.138. The highest BCUT2D eigenvalue weighted by molar-refractivity contribution is 6.35. The topological polar surface area (TPSA) is 138 Å². The van der Waals surface area contributed by atoms with Crippen LogP contribution in [-0.2, 0) is 9.59 Å². The summed E-state index contributed by atoms with van der Waals surface area (Å²) in [4.78, 5) is 24.0. The molecule has 8 nitrogen and oxygen atoms in total. The van der Waals surface area contributed by atoms with Crippen LogP contribution in [0, 0.1) is 5.41 Å². The minimum Gasteiger partial charge on any atom is -0.482 e. The number of amidine groups is 1. The van der Waals surface area contributed by atoms with Gasteiger partial charge in [-0.3, -0.25) is 10.2 Å². The van der Waals surface area contributed by atoms with Crippen molar-refractivity contribution in [2.45, 2.75) is 24.9 Å². The molecule has 1 atom stereocenters. The van der Waals surface area contributed by atoms with Crippen LogP contribution < -0.4 is 21.1 Å². The van der Waals surface area contributed by atoms with E-state index in [-0.39, 0.29) is 58.2 Å². The summed E-state index contributed by atoms with van der Waals surface area (Å²) in [5.74, 6) is -1.55. The number of anilines is 1. The molecule has 1 aliphatic rings. The zero-order valence-electron chi connectivity index (χ0n) is 16.2. The molecule has 0 bridgehead atoms. The summed E-state index contributed by atoms with van der Waals surface area (Å²) >= 11 is 12.3. The van der Waals surface area contributed by atoms with Gasteiger partial charge in [0.2, 0.25) is 0 Å². The van der Waals surface area contributed by atoms with Crippen molar-refractivity contribution in [3.8, 4) is 5.75 Å². The van der Waals surface area contributed by atoms with Crippen LogP contribution in [0.3, 0.4) is 0 Å².